The van der Waals surface area contributed by atoms with E-state index in [1.54, 1.807) is 24.3 Å². The van der Waals surface area contributed by atoms with Crippen molar-refractivity contribution >= 4 is 11.7 Å². The van der Waals surface area contributed by atoms with Crippen molar-refractivity contribution in [1.82, 2.24) is 0 Å². The SMILES string of the molecule is O=C(O)c1ccc(NCCC2CCCO2)cc1. The molecule has 0 bridgehead atoms. The molecule has 1 unspecified atom stereocenters. The predicted molar refractivity (Wildman–Crippen MR) is 65.5 cm³/mol. The Morgan fingerprint density at radius 2 is 2.18 bits per heavy atom. The summed E-state index contributed by atoms with van der Waals surface area (Å²) < 4.78 is 5.52. The Bertz CT molecular complexity index is 369. The third-order valence-corrected chi connectivity index (χ3v) is 2.95. The number of anilines is 1. The first kappa shape index (κ1) is 11.9. The van der Waals surface area contributed by atoms with Crippen molar-refractivity contribution in [3.63, 3.8) is 0 Å². The van der Waals surface area contributed by atoms with E-state index in [1.165, 1.54) is 0 Å². The molecule has 0 radical (unpaired) electrons. The molecule has 0 spiro atoms. The second-order valence-corrected chi connectivity index (χ2v) is 4.23. The fraction of sp³-hybridized carbons (Fsp3) is 0.462. The highest BCUT2D eigenvalue weighted by Gasteiger charge is 2.14. The number of carboxylic acid groups (broad SMARTS) is 1. The number of benzene rings is 1. The van der Waals surface area contributed by atoms with Gasteiger partial charge in [0.2, 0.25) is 0 Å². The molecule has 1 aromatic rings. The van der Waals surface area contributed by atoms with Crippen LogP contribution in [0.2, 0.25) is 0 Å². The monoisotopic (exact) mass is 235 g/mol. The summed E-state index contributed by atoms with van der Waals surface area (Å²) in [5.74, 6) is -0.893. The Morgan fingerprint density at radius 1 is 1.41 bits per heavy atom. The Balaban J connectivity index is 1.76. The molecule has 1 atom stereocenters. The van der Waals surface area contributed by atoms with Gasteiger partial charge in [-0.25, -0.2) is 4.79 Å². The zero-order valence-corrected chi connectivity index (χ0v) is 9.69. The van der Waals surface area contributed by atoms with E-state index < -0.39 is 5.97 Å². The number of nitrogens with one attached hydrogen (secondary N) is 1. The Hall–Kier alpha value is -1.55. The van der Waals surface area contributed by atoms with Gasteiger partial charge in [-0.15, -0.1) is 0 Å². The topological polar surface area (TPSA) is 58.6 Å². The van der Waals surface area contributed by atoms with Crippen LogP contribution in [0.3, 0.4) is 0 Å². The standard InChI is InChI=1S/C13H17NO3/c15-13(16)10-3-5-11(6-4-10)14-8-7-12-2-1-9-17-12/h3-6,12,14H,1-2,7-9H2,(H,15,16). The van der Waals surface area contributed by atoms with Crippen molar-refractivity contribution in [1.29, 1.82) is 0 Å². The molecule has 0 saturated carbocycles. The van der Waals surface area contributed by atoms with Gasteiger partial charge >= 0.3 is 5.97 Å². The van der Waals surface area contributed by atoms with Gasteiger partial charge in [0.15, 0.2) is 0 Å². The average Bonchev–Trinajstić information content (AvgIpc) is 2.83. The minimum atomic E-state index is -0.893. The molecule has 0 aliphatic carbocycles. The number of ether oxygens (including phenoxy) is 1. The first-order chi connectivity index (χ1) is 8.25. The molecule has 4 nitrogen and oxygen atoms in total. The lowest BCUT2D eigenvalue weighted by Crippen LogP contribution is -2.12. The van der Waals surface area contributed by atoms with Crippen molar-refractivity contribution in [2.75, 3.05) is 18.5 Å². The van der Waals surface area contributed by atoms with E-state index in [0.29, 0.717) is 11.7 Å². The van der Waals surface area contributed by atoms with Crippen LogP contribution in [-0.2, 0) is 4.74 Å². The maximum atomic E-state index is 10.7. The lowest BCUT2D eigenvalue weighted by molar-refractivity contribution is 0.0697. The minimum Gasteiger partial charge on any atom is -0.478 e. The fourth-order valence-corrected chi connectivity index (χ4v) is 1.98. The maximum absolute atomic E-state index is 10.7. The normalized spacial score (nSPS) is 19.2. The van der Waals surface area contributed by atoms with Gasteiger partial charge in [0.05, 0.1) is 11.7 Å². The van der Waals surface area contributed by atoms with E-state index >= 15 is 0 Å². The fourth-order valence-electron chi connectivity index (χ4n) is 1.98. The van der Waals surface area contributed by atoms with E-state index in [9.17, 15) is 4.79 Å². The summed E-state index contributed by atoms with van der Waals surface area (Å²) in [6.07, 6.45) is 3.71. The second-order valence-electron chi connectivity index (χ2n) is 4.23. The summed E-state index contributed by atoms with van der Waals surface area (Å²) in [7, 11) is 0. The third kappa shape index (κ3) is 3.46. The summed E-state index contributed by atoms with van der Waals surface area (Å²) in [6, 6.07) is 6.80. The lowest BCUT2D eigenvalue weighted by atomic mass is 10.1. The molecule has 1 aliphatic rings. The van der Waals surface area contributed by atoms with Gasteiger partial charge in [-0.2, -0.15) is 0 Å². The Kier molecular flexibility index (Phi) is 3.98. The second kappa shape index (κ2) is 5.68. The Labute approximate surface area is 101 Å². The number of carboxylic acids is 1. The van der Waals surface area contributed by atoms with Crippen molar-refractivity contribution in [3.8, 4) is 0 Å². The average molecular weight is 235 g/mol. The van der Waals surface area contributed by atoms with Gasteiger partial charge in [-0.05, 0) is 43.5 Å². The van der Waals surface area contributed by atoms with Crippen molar-refractivity contribution in [2.45, 2.75) is 25.4 Å². The van der Waals surface area contributed by atoms with Crippen molar-refractivity contribution < 1.29 is 14.6 Å². The molecule has 92 valence electrons. The molecule has 1 fully saturated rings. The molecular weight excluding hydrogens is 218 g/mol. The molecular formula is C13H17NO3. The first-order valence-electron chi connectivity index (χ1n) is 5.94. The highest BCUT2D eigenvalue weighted by atomic mass is 16.5. The lowest BCUT2D eigenvalue weighted by Gasteiger charge is -2.10. The van der Waals surface area contributed by atoms with Gasteiger partial charge in [-0.3, -0.25) is 0 Å². The Morgan fingerprint density at radius 3 is 2.76 bits per heavy atom. The van der Waals surface area contributed by atoms with Crippen LogP contribution in [0.5, 0.6) is 0 Å². The van der Waals surface area contributed by atoms with Gasteiger partial charge in [0, 0.05) is 18.8 Å². The highest BCUT2D eigenvalue weighted by molar-refractivity contribution is 5.87. The summed E-state index contributed by atoms with van der Waals surface area (Å²) in [5.41, 5.74) is 1.27. The van der Waals surface area contributed by atoms with E-state index in [1.807, 2.05) is 0 Å². The number of carbonyl (C=O) groups is 1. The van der Waals surface area contributed by atoms with Crippen molar-refractivity contribution in [3.05, 3.63) is 29.8 Å². The number of hydrogen-bond acceptors (Lipinski definition) is 3. The van der Waals surface area contributed by atoms with Crippen LogP contribution < -0.4 is 5.32 Å². The highest BCUT2D eigenvalue weighted by Crippen LogP contribution is 2.16. The molecule has 0 aromatic heterocycles. The minimum absolute atomic E-state index is 0.315. The van der Waals surface area contributed by atoms with Crippen LogP contribution in [0, 0.1) is 0 Å². The smallest absolute Gasteiger partial charge is 0.335 e. The molecule has 1 aromatic carbocycles. The van der Waals surface area contributed by atoms with Gasteiger partial charge in [-0.1, -0.05) is 0 Å². The van der Waals surface area contributed by atoms with E-state index in [2.05, 4.69) is 5.32 Å². The molecule has 17 heavy (non-hydrogen) atoms. The summed E-state index contributed by atoms with van der Waals surface area (Å²) in [6.45, 7) is 1.75. The maximum Gasteiger partial charge on any atom is 0.335 e. The van der Waals surface area contributed by atoms with Crippen molar-refractivity contribution in [2.24, 2.45) is 0 Å². The first-order valence-corrected chi connectivity index (χ1v) is 5.94. The quantitative estimate of drug-likeness (QED) is 0.822. The summed E-state index contributed by atoms with van der Waals surface area (Å²) >= 11 is 0. The van der Waals surface area contributed by atoms with E-state index in [4.69, 9.17) is 9.84 Å². The van der Waals surface area contributed by atoms with Gasteiger partial charge in [0.25, 0.3) is 0 Å². The largest absolute Gasteiger partial charge is 0.478 e. The van der Waals surface area contributed by atoms with Gasteiger partial charge < -0.3 is 15.2 Å². The predicted octanol–water partition coefficient (Wildman–Crippen LogP) is 2.37. The van der Waals surface area contributed by atoms with Gasteiger partial charge in [0.1, 0.15) is 0 Å². The van der Waals surface area contributed by atoms with Crippen LogP contribution >= 0.6 is 0 Å². The molecule has 1 aliphatic heterocycles. The number of hydrogen-bond donors (Lipinski definition) is 2. The third-order valence-electron chi connectivity index (χ3n) is 2.95. The molecule has 1 saturated heterocycles. The van der Waals surface area contributed by atoms with Crippen LogP contribution in [0.15, 0.2) is 24.3 Å². The summed E-state index contributed by atoms with van der Waals surface area (Å²) in [5, 5.41) is 12.0. The summed E-state index contributed by atoms with van der Waals surface area (Å²) in [4.78, 5) is 10.7. The molecule has 0 amide bonds. The molecule has 1 heterocycles. The molecule has 2 N–H and O–H groups in total. The van der Waals surface area contributed by atoms with Crippen LogP contribution in [0.1, 0.15) is 29.6 Å². The van der Waals surface area contributed by atoms with Crippen LogP contribution in [0.4, 0.5) is 5.69 Å². The van der Waals surface area contributed by atoms with Crippen LogP contribution in [0.25, 0.3) is 0 Å². The van der Waals surface area contributed by atoms with Crippen LogP contribution in [-0.4, -0.2) is 30.3 Å². The molecule has 4 heteroatoms. The zero-order chi connectivity index (χ0) is 12.1. The van der Waals surface area contributed by atoms with E-state index in [-0.39, 0.29) is 0 Å². The zero-order valence-electron chi connectivity index (χ0n) is 9.69. The molecule has 2 rings (SSSR count). The number of rotatable bonds is 5. The number of aromatic carboxylic acids is 1. The van der Waals surface area contributed by atoms with E-state index in [0.717, 1.165) is 38.1 Å².